The molecule has 1 aliphatic heterocycles. The Morgan fingerprint density at radius 3 is 2.76 bits per heavy atom. The summed E-state index contributed by atoms with van der Waals surface area (Å²) in [7, 11) is 1.60. The molecule has 0 atom stereocenters. The molecular weight excluding hydrogens is 270 g/mol. The van der Waals surface area contributed by atoms with Crippen LogP contribution in [0.1, 0.15) is 12.5 Å². The maximum atomic E-state index is 12.0. The number of morpholine rings is 1. The average molecular weight is 291 g/mol. The number of benzene rings is 1. The van der Waals surface area contributed by atoms with Crippen molar-refractivity contribution in [3.8, 4) is 11.5 Å². The van der Waals surface area contributed by atoms with Crippen LogP contribution in [0.15, 0.2) is 24.3 Å². The molecule has 1 aromatic rings. The highest BCUT2D eigenvalue weighted by Gasteiger charge is 2.14. The van der Waals surface area contributed by atoms with Crippen LogP contribution < -0.4 is 9.47 Å². The van der Waals surface area contributed by atoms with Gasteiger partial charge in [-0.2, -0.15) is 0 Å². The minimum absolute atomic E-state index is 0.00570. The van der Waals surface area contributed by atoms with Crippen molar-refractivity contribution in [2.45, 2.75) is 6.92 Å². The number of hydrogen-bond acceptors (Lipinski definition) is 4. The molecule has 5 nitrogen and oxygen atoms in total. The number of nitrogens with zero attached hydrogens (tertiary/aromatic N) is 1. The Morgan fingerprint density at radius 2 is 2.10 bits per heavy atom. The third kappa shape index (κ3) is 4.23. The van der Waals surface area contributed by atoms with E-state index in [1.165, 1.54) is 0 Å². The van der Waals surface area contributed by atoms with Crippen LogP contribution in [0.3, 0.4) is 0 Å². The molecule has 1 aromatic carbocycles. The molecule has 0 spiro atoms. The van der Waals surface area contributed by atoms with Gasteiger partial charge in [0.1, 0.15) is 0 Å². The number of carbonyl (C=O) groups excluding carboxylic acids is 1. The summed E-state index contributed by atoms with van der Waals surface area (Å²) in [5, 5.41) is 0. The Labute approximate surface area is 125 Å². The molecule has 0 bridgehead atoms. The summed E-state index contributed by atoms with van der Waals surface area (Å²) in [4.78, 5) is 13.8. The van der Waals surface area contributed by atoms with Crippen LogP contribution in [0.4, 0.5) is 0 Å². The molecule has 0 saturated carbocycles. The summed E-state index contributed by atoms with van der Waals surface area (Å²) in [6.07, 6.45) is 3.37. The standard InChI is InChI=1S/C16H21NO4/c1-3-21-14-6-4-13(12-15(14)19-2)5-7-16(18)17-8-10-20-11-9-17/h4-7,12H,3,8-11H2,1-2H3/b7-5+. The van der Waals surface area contributed by atoms with Gasteiger partial charge in [-0.25, -0.2) is 0 Å². The first-order chi connectivity index (χ1) is 10.2. The van der Waals surface area contributed by atoms with Crippen LogP contribution in [0.2, 0.25) is 0 Å². The highest BCUT2D eigenvalue weighted by Crippen LogP contribution is 2.28. The highest BCUT2D eigenvalue weighted by molar-refractivity contribution is 5.91. The third-order valence-corrected chi connectivity index (χ3v) is 3.23. The fraction of sp³-hybridized carbons (Fsp3) is 0.438. The van der Waals surface area contributed by atoms with E-state index in [9.17, 15) is 4.79 Å². The Bertz CT molecular complexity index is 507. The van der Waals surface area contributed by atoms with Gasteiger partial charge < -0.3 is 19.1 Å². The second kappa shape index (κ2) is 7.69. The van der Waals surface area contributed by atoms with Crippen LogP contribution >= 0.6 is 0 Å². The molecule has 5 heteroatoms. The van der Waals surface area contributed by atoms with Gasteiger partial charge in [0, 0.05) is 19.2 Å². The lowest BCUT2D eigenvalue weighted by molar-refractivity contribution is -0.129. The van der Waals surface area contributed by atoms with Crippen molar-refractivity contribution in [2.75, 3.05) is 40.0 Å². The van der Waals surface area contributed by atoms with Crippen molar-refractivity contribution in [3.63, 3.8) is 0 Å². The summed E-state index contributed by atoms with van der Waals surface area (Å²) in [5.41, 5.74) is 0.900. The lowest BCUT2D eigenvalue weighted by Gasteiger charge is -2.25. The summed E-state index contributed by atoms with van der Waals surface area (Å²) in [6, 6.07) is 5.60. The number of rotatable bonds is 5. The smallest absolute Gasteiger partial charge is 0.246 e. The summed E-state index contributed by atoms with van der Waals surface area (Å²) in [5.74, 6) is 1.38. The van der Waals surface area contributed by atoms with Gasteiger partial charge in [0.15, 0.2) is 11.5 Å². The highest BCUT2D eigenvalue weighted by atomic mass is 16.5. The topological polar surface area (TPSA) is 48.0 Å². The lowest BCUT2D eigenvalue weighted by Crippen LogP contribution is -2.39. The Kier molecular flexibility index (Phi) is 5.63. The predicted molar refractivity (Wildman–Crippen MR) is 80.6 cm³/mol. The van der Waals surface area contributed by atoms with Crippen LogP contribution in [-0.4, -0.2) is 50.8 Å². The van der Waals surface area contributed by atoms with Crippen molar-refractivity contribution < 1.29 is 19.0 Å². The number of carbonyl (C=O) groups is 1. The van der Waals surface area contributed by atoms with E-state index < -0.39 is 0 Å². The molecule has 0 N–H and O–H groups in total. The summed E-state index contributed by atoms with van der Waals surface area (Å²) in [6.45, 7) is 5.02. The maximum Gasteiger partial charge on any atom is 0.246 e. The third-order valence-electron chi connectivity index (χ3n) is 3.23. The zero-order valence-corrected chi connectivity index (χ0v) is 12.5. The number of methoxy groups -OCH3 is 1. The van der Waals surface area contributed by atoms with Gasteiger partial charge in [-0.1, -0.05) is 6.07 Å². The van der Waals surface area contributed by atoms with Crippen LogP contribution in [0.5, 0.6) is 11.5 Å². The first-order valence-corrected chi connectivity index (χ1v) is 7.10. The molecule has 1 heterocycles. The first-order valence-electron chi connectivity index (χ1n) is 7.10. The van der Waals surface area contributed by atoms with Crippen molar-refractivity contribution in [2.24, 2.45) is 0 Å². The fourth-order valence-electron chi connectivity index (χ4n) is 2.12. The van der Waals surface area contributed by atoms with E-state index in [1.807, 2.05) is 25.1 Å². The average Bonchev–Trinajstić information content (AvgIpc) is 2.54. The van der Waals surface area contributed by atoms with Crippen LogP contribution in [0, 0.1) is 0 Å². The SMILES string of the molecule is CCOc1ccc(/C=C/C(=O)N2CCOCC2)cc1OC. The number of amides is 1. The lowest BCUT2D eigenvalue weighted by atomic mass is 10.2. The Hall–Kier alpha value is -2.01. The van der Waals surface area contributed by atoms with Gasteiger partial charge in [-0.3, -0.25) is 4.79 Å². The molecule has 1 fully saturated rings. The van der Waals surface area contributed by atoms with Gasteiger partial charge in [-0.15, -0.1) is 0 Å². The maximum absolute atomic E-state index is 12.0. The molecule has 0 radical (unpaired) electrons. The van der Waals surface area contributed by atoms with E-state index in [4.69, 9.17) is 14.2 Å². The van der Waals surface area contributed by atoms with Gasteiger partial charge in [0.05, 0.1) is 26.9 Å². The molecule has 21 heavy (non-hydrogen) atoms. The number of ether oxygens (including phenoxy) is 3. The van der Waals surface area contributed by atoms with E-state index >= 15 is 0 Å². The minimum Gasteiger partial charge on any atom is -0.493 e. The molecular formula is C16H21NO4. The number of hydrogen-bond donors (Lipinski definition) is 0. The van der Waals surface area contributed by atoms with Gasteiger partial charge in [0.2, 0.25) is 5.91 Å². The van der Waals surface area contributed by atoms with E-state index in [1.54, 1.807) is 24.2 Å². The molecule has 1 saturated heterocycles. The van der Waals surface area contributed by atoms with Gasteiger partial charge in [0.25, 0.3) is 0 Å². The van der Waals surface area contributed by atoms with Gasteiger partial charge >= 0.3 is 0 Å². The molecule has 0 aliphatic carbocycles. The van der Waals surface area contributed by atoms with Crippen molar-refractivity contribution >= 4 is 12.0 Å². The molecule has 2 rings (SSSR count). The van der Waals surface area contributed by atoms with Gasteiger partial charge in [-0.05, 0) is 30.7 Å². The second-order valence-electron chi connectivity index (χ2n) is 4.61. The van der Waals surface area contributed by atoms with Crippen molar-refractivity contribution in [1.29, 1.82) is 0 Å². The monoisotopic (exact) mass is 291 g/mol. The molecule has 0 unspecified atom stereocenters. The fourth-order valence-corrected chi connectivity index (χ4v) is 2.12. The van der Waals surface area contributed by atoms with E-state index in [-0.39, 0.29) is 5.91 Å². The van der Waals surface area contributed by atoms with Crippen LogP contribution in [0.25, 0.3) is 6.08 Å². The first kappa shape index (κ1) is 15.4. The van der Waals surface area contributed by atoms with E-state index in [0.717, 1.165) is 5.56 Å². The molecule has 1 aliphatic rings. The quantitative estimate of drug-likeness (QED) is 0.778. The zero-order valence-electron chi connectivity index (χ0n) is 12.5. The summed E-state index contributed by atoms with van der Waals surface area (Å²) >= 11 is 0. The largest absolute Gasteiger partial charge is 0.493 e. The molecule has 0 aromatic heterocycles. The Balaban J connectivity index is 2.04. The Morgan fingerprint density at radius 1 is 1.33 bits per heavy atom. The van der Waals surface area contributed by atoms with E-state index in [0.29, 0.717) is 44.4 Å². The normalized spacial score (nSPS) is 15.2. The summed E-state index contributed by atoms with van der Waals surface area (Å²) < 4.78 is 16.0. The van der Waals surface area contributed by atoms with Crippen LogP contribution in [-0.2, 0) is 9.53 Å². The second-order valence-corrected chi connectivity index (χ2v) is 4.61. The van der Waals surface area contributed by atoms with Crippen molar-refractivity contribution in [1.82, 2.24) is 4.90 Å². The zero-order chi connectivity index (χ0) is 15.1. The minimum atomic E-state index is 0.00570. The molecule has 1 amide bonds. The molecule has 114 valence electrons. The van der Waals surface area contributed by atoms with E-state index in [2.05, 4.69) is 0 Å². The predicted octanol–water partition coefficient (Wildman–Crippen LogP) is 1.97. The van der Waals surface area contributed by atoms with Crippen molar-refractivity contribution in [3.05, 3.63) is 29.8 Å².